The summed E-state index contributed by atoms with van der Waals surface area (Å²) in [7, 11) is 0. The molecule has 0 spiro atoms. The van der Waals surface area contributed by atoms with E-state index in [0.717, 1.165) is 13.0 Å². The van der Waals surface area contributed by atoms with Gasteiger partial charge in [-0.1, -0.05) is 0 Å². The van der Waals surface area contributed by atoms with E-state index in [0.29, 0.717) is 24.6 Å². The summed E-state index contributed by atoms with van der Waals surface area (Å²) >= 11 is 0. The number of piperidine rings is 1. The number of rotatable bonds is 3. The van der Waals surface area contributed by atoms with Crippen LogP contribution in [0.5, 0.6) is 0 Å². The molecule has 112 valence electrons. The molecule has 0 amide bonds. The molecule has 9 heteroatoms. The standard InChI is InChI=1S/C11H15FN6.2ClH/c12-9-6-13-2-1-8(9)5-15-10-11-17-16-7-18(11)4-3-14-10;;/h3-4,7-9,13H,1-2,5-6H2,(H,14,15);2*1H/t8-,9-;;/m1../s1. The first-order valence-electron chi connectivity index (χ1n) is 6.07. The van der Waals surface area contributed by atoms with Crippen molar-refractivity contribution >= 4 is 36.3 Å². The molecule has 2 N–H and O–H groups in total. The molecular formula is C11H17Cl2FN6. The summed E-state index contributed by atoms with van der Waals surface area (Å²) < 4.78 is 15.4. The number of halogens is 3. The Bertz CT molecular complexity index is 536. The summed E-state index contributed by atoms with van der Waals surface area (Å²) in [6.07, 6.45) is 5.11. The highest BCUT2D eigenvalue weighted by atomic mass is 35.5. The van der Waals surface area contributed by atoms with Crippen molar-refractivity contribution in [1.82, 2.24) is 24.9 Å². The SMILES string of the molecule is Cl.Cl.F[C@@H]1CNCC[C@@H]1CNc1nccn2cnnc12. The lowest BCUT2D eigenvalue weighted by Gasteiger charge is -2.26. The fourth-order valence-corrected chi connectivity index (χ4v) is 2.22. The van der Waals surface area contributed by atoms with Gasteiger partial charge in [0.1, 0.15) is 12.5 Å². The van der Waals surface area contributed by atoms with Crippen LogP contribution in [0.25, 0.3) is 5.65 Å². The fourth-order valence-electron chi connectivity index (χ4n) is 2.22. The fraction of sp³-hybridized carbons (Fsp3) is 0.545. The van der Waals surface area contributed by atoms with Crippen molar-refractivity contribution in [2.75, 3.05) is 25.0 Å². The maximum absolute atomic E-state index is 13.6. The van der Waals surface area contributed by atoms with Gasteiger partial charge in [0.25, 0.3) is 0 Å². The van der Waals surface area contributed by atoms with Gasteiger partial charge in [-0.2, -0.15) is 0 Å². The first kappa shape index (κ1) is 16.9. The zero-order valence-corrected chi connectivity index (χ0v) is 12.3. The summed E-state index contributed by atoms with van der Waals surface area (Å²) in [5, 5.41) is 14.0. The summed E-state index contributed by atoms with van der Waals surface area (Å²) in [5.41, 5.74) is 0.668. The minimum Gasteiger partial charge on any atom is -0.367 e. The van der Waals surface area contributed by atoms with Crippen molar-refractivity contribution in [3.8, 4) is 0 Å². The monoisotopic (exact) mass is 322 g/mol. The van der Waals surface area contributed by atoms with Crippen LogP contribution in [0, 0.1) is 5.92 Å². The lowest BCUT2D eigenvalue weighted by Crippen LogP contribution is -2.40. The number of fused-ring (bicyclic) bond motifs is 1. The third-order valence-electron chi connectivity index (χ3n) is 3.29. The largest absolute Gasteiger partial charge is 0.367 e. The van der Waals surface area contributed by atoms with Crippen molar-refractivity contribution in [3.05, 3.63) is 18.7 Å². The normalized spacial score (nSPS) is 21.9. The van der Waals surface area contributed by atoms with Crippen LogP contribution in [-0.4, -0.2) is 45.4 Å². The highest BCUT2D eigenvalue weighted by Gasteiger charge is 2.24. The van der Waals surface area contributed by atoms with Gasteiger partial charge in [-0.3, -0.25) is 4.40 Å². The van der Waals surface area contributed by atoms with E-state index in [1.165, 1.54) is 0 Å². The first-order chi connectivity index (χ1) is 8.84. The zero-order valence-electron chi connectivity index (χ0n) is 10.7. The van der Waals surface area contributed by atoms with E-state index in [-0.39, 0.29) is 30.7 Å². The third-order valence-corrected chi connectivity index (χ3v) is 3.29. The van der Waals surface area contributed by atoms with Crippen LogP contribution in [0.3, 0.4) is 0 Å². The molecule has 0 unspecified atom stereocenters. The molecule has 2 atom stereocenters. The van der Waals surface area contributed by atoms with Crippen LogP contribution in [0.1, 0.15) is 6.42 Å². The molecule has 1 saturated heterocycles. The van der Waals surface area contributed by atoms with E-state index in [2.05, 4.69) is 25.8 Å². The summed E-state index contributed by atoms with van der Waals surface area (Å²) in [6, 6.07) is 0. The van der Waals surface area contributed by atoms with Gasteiger partial charge in [0.05, 0.1) is 0 Å². The second-order valence-corrected chi connectivity index (χ2v) is 4.49. The smallest absolute Gasteiger partial charge is 0.203 e. The Morgan fingerprint density at radius 2 is 2.30 bits per heavy atom. The number of hydrogen-bond acceptors (Lipinski definition) is 5. The molecule has 0 aliphatic carbocycles. The molecule has 0 bridgehead atoms. The maximum Gasteiger partial charge on any atom is 0.203 e. The average molecular weight is 323 g/mol. The van der Waals surface area contributed by atoms with Crippen molar-refractivity contribution in [2.24, 2.45) is 5.92 Å². The van der Waals surface area contributed by atoms with Crippen LogP contribution in [-0.2, 0) is 0 Å². The van der Waals surface area contributed by atoms with Crippen molar-refractivity contribution in [2.45, 2.75) is 12.6 Å². The van der Waals surface area contributed by atoms with Gasteiger partial charge in [-0.05, 0) is 13.0 Å². The van der Waals surface area contributed by atoms with Crippen LogP contribution >= 0.6 is 24.8 Å². The second-order valence-electron chi connectivity index (χ2n) is 4.49. The molecule has 2 aromatic heterocycles. The molecular weight excluding hydrogens is 306 g/mol. The average Bonchev–Trinajstić information content (AvgIpc) is 2.86. The van der Waals surface area contributed by atoms with Crippen molar-refractivity contribution in [1.29, 1.82) is 0 Å². The first-order valence-corrected chi connectivity index (χ1v) is 6.07. The van der Waals surface area contributed by atoms with Crippen molar-refractivity contribution < 1.29 is 4.39 Å². The number of nitrogens with zero attached hydrogens (tertiary/aromatic N) is 4. The van der Waals surface area contributed by atoms with Crippen LogP contribution < -0.4 is 10.6 Å². The van der Waals surface area contributed by atoms with E-state index in [1.54, 1.807) is 23.1 Å². The van der Waals surface area contributed by atoms with Crippen molar-refractivity contribution in [3.63, 3.8) is 0 Å². The number of nitrogens with one attached hydrogen (secondary N) is 2. The van der Waals surface area contributed by atoms with Gasteiger partial charge in [0.2, 0.25) is 5.65 Å². The zero-order chi connectivity index (χ0) is 12.4. The molecule has 0 saturated carbocycles. The Labute approximate surface area is 128 Å². The van der Waals surface area contributed by atoms with Crippen LogP contribution in [0.4, 0.5) is 10.2 Å². The quantitative estimate of drug-likeness (QED) is 0.892. The molecule has 6 nitrogen and oxygen atoms in total. The van der Waals surface area contributed by atoms with Gasteiger partial charge < -0.3 is 10.6 Å². The van der Waals surface area contributed by atoms with Gasteiger partial charge in [0, 0.05) is 31.4 Å². The molecule has 3 rings (SSSR count). The van der Waals surface area contributed by atoms with Gasteiger partial charge >= 0.3 is 0 Å². The summed E-state index contributed by atoms with van der Waals surface area (Å²) in [5.74, 6) is 0.678. The predicted octanol–water partition coefficient (Wildman–Crippen LogP) is 1.33. The molecule has 1 aliphatic heterocycles. The Morgan fingerprint density at radius 1 is 1.45 bits per heavy atom. The van der Waals surface area contributed by atoms with Crippen LogP contribution in [0.15, 0.2) is 18.7 Å². The lowest BCUT2D eigenvalue weighted by molar-refractivity contribution is 0.189. The number of hydrogen-bond donors (Lipinski definition) is 2. The van der Waals surface area contributed by atoms with Crippen LogP contribution in [0.2, 0.25) is 0 Å². The minimum atomic E-state index is -0.802. The number of anilines is 1. The second kappa shape index (κ2) is 7.56. The highest BCUT2D eigenvalue weighted by molar-refractivity contribution is 5.85. The molecule has 20 heavy (non-hydrogen) atoms. The number of alkyl halides is 1. The Morgan fingerprint density at radius 3 is 3.10 bits per heavy atom. The predicted molar refractivity (Wildman–Crippen MR) is 79.6 cm³/mol. The van der Waals surface area contributed by atoms with E-state index in [9.17, 15) is 4.39 Å². The lowest BCUT2D eigenvalue weighted by atomic mass is 9.96. The molecule has 2 aromatic rings. The summed E-state index contributed by atoms with van der Waals surface area (Å²) in [6.45, 7) is 1.88. The molecule has 3 heterocycles. The van der Waals surface area contributed by atoms with E-state index >= 15 is 0 Å². The Balaban J connectivity index is 0.000001000. The van der Waals surface area contributed by atoms with E-state index in [4.69, 9.17) is 0 Å². The number of aromatic nitrogens is 4. The van der Waals surface area contributed by atoms with E-state index in [1.807, 2.05) is 0 Å². The van der Waals surface area contributed by atoms with E-state index < -0.39 is 6.17 Å². The Hall–Kier alpha value is -1.18. The minimum absolute atomic E-state index is 0. The maximum atomic E-state index is 13.6. The van der Waals surface area contributed by atoms with Gasteiger partial charge in [-0.15, -0.1) is 35.0 Å². The molecule has 1 aliphatic rings. The van der Waals surface area contributed by atoms with Gasteiger partial charge in [-0.25, -0.2) is 9.37 Å². The Kier molecular flexibility index (Phi) is 6.38. The molecule has 0 aromatic carbocycles. The summed E-state index contributed by atoms with van der Waals surface area (Å²) in [4.78, 5) is 4.22. The molecule has 1 fully saturated rings. The topological polar surface area (TPSA) is 67.1 Å². The van der Waals surface area contributed by atoms with Gasteiger partial charge in [0.15, 0.2) is 5.82 Å². The third kappa shape index (κ3) is 3.47. The molecule has 0 radical (unpaired) electrons. The highest BCUT2D eigenvalue weighted by Crippen LogP contribution is 2.17.